The summed E-state index contributed by atoms with van der Waals surface area (Å²) in [6.07, 6.45) is 48.5. The fourth-order valence-electron chi connectivity index (χ4n) is 10.3. The Morgan fingerprint density at radius 3 is 1.14 bits per heavy atom. The van der Waals surface area contributed by atoms with Crippen LogP contribution in [0.1, 0.15) is 285 Å². The van der Waals surface area contributed by atoms with Crippen LogP contribution in [0.2, 0.25) is 0 Å². The van der Waals surface area contributed by atoms with Crippen molar-refractivity contribution in [3.05, 3.63) is 0 Å². The lowest BCUT2D eigenvalue weighted by Gasteiger charge is -2.39. The molecular weight excluding hydrogens is 793 g/mol. The summed E-state index contributed by atoms with van der Waals surface area (Å²) in [6.45, 7) is 13.4. The van der Waals surface area contributed by atoms with Crippen LogP contribution in [0.5, 0.6) is 0 Å². The van der Waals surface area contributed by atoms with Crippen LogP contribution in [0.15, 0.2) is 0 Å². The Balaban J connectivity index is 2.30. The van der Waals surface area contributed by atoms with E-state index in [-0.39, 0.29) is 18.5 Å². The molecule has 0 atom stereocenters. The molecule has 1 aliphatic rings. The van der Waals surface area contributed by atoms with Crippen LogP contribution in [-0.4, -0.2) is 85.4 Å². The smallest absolute Gasteiger partial charge is 0.305 e. The second-order valence-electron chi connectivity index (χ2n) is 20.6. The average molecular weight is 906 g/mol. The Morgan fingerprint density at radius 2 is 0.766 bits per heavy atom. The highest BCUT2D eigenvalue weighted by Crippen LogP contribution is 2.27. The zero-order valence-electron chi connectivity index (χ0n) is 43.8. The van der Waals surface area contributed by atoms with Crippen molar-refractivity contribution in [3.63, 3.8) is 0 Å². The van der Waals surface area contributed by atoms with Crippen LogP contribution in [0.25, 0.3) is 0 Å². The van der Waals surface area contributed by atoms with Crippen LogP contribution in [-0.2, 0) is 19.1 Å². The zero-order chi connectivity index (χ0) is 46.6. The van der Waals surface area contributed by atoms with Gasteiger partial charge in [-0.05, 0) is 109 Å². The van der Waals surface area contributed by atoms with Crippen molar-refractivity contribution in [2.45, 2.75) is 297 Å². The van der Waals surface area contributed by atoms with Crippen molar-refractivity contribution in [2.75, 3.05) is 46.5 Å². The van der Waals surface area contributed by atoms with E-state index in [4.69, 9.17) is 9.47 Å². The highest BCUT2D eigenvalue weighted by Gasteiger charge is 2.27. The molecule has 0 saturated heterocycles. The first-order valence-electron chi connectivity index (χ1n) is 28.7. The maximum absolute atomic E-state index is 12.8. The minimum atomic E-state index is -0.00978. The molecule has 1 N–H and O–H groups in total. The number of ether oxygens (including phenoxy) is 2. The van der Waals surface area contributed by atoms with Gasteiger partial charge >= 0.3 is 11.9 Å². The number of aliphatic hydroxyl groups is 1. The highest BCUT2D eigenvalue weighted by atomic mass is 16.5. The first-order chi connectivity index (χ1) is 31.4. The Hall–Kier alpha value is -1.18. The molecule has 0 bridgehead atoms. The van der Waals surface area contributed by atoms with Gasteiger partial charge in [0.25, 0.3) is 0 Å². The zero-order valence-corrected chi connectivity index (χ0v) is 43.8. The summed E-state index contributed by atoms with van der Waals surface area (Å²) in [4.78, 5) is 30.6. The summed E-state index contributed by atoms with van der Waals surface area (Å²) in [6, 6.07) is 1.16. The van der Waals surface area contributed by atoms with Crippen LogP contribution in [0.3, 0.4) is 0 Å². The number of carbonyl (C=O) groups is 2. The molecule has 0 heterocycles. The number of carbonyl (C=O) groups excluding carboxylic acids is 2. The predicted molar refractivity (Wildman–Crippen MR) is 275 cm³/mol. The molecule has 1 rings (SSSR count). The minimum Gasteiger partial charge on any atom is -0.465 e. The quantitative estimate of drug-likeness (QED) is 0.0481. The molecule has 1 aliphatic carbocycles. The number of rotatable bonds is 48. The summed E-state index contributed by atoms with van der Waals surface area (Å²) >= 11 is 0. The Bertz CT molecular complexity index is 970. The topological polar surface area (TPSA) is 79.3 Å². The summed E-state index contributed by atoms with van der Waals surface area (Å²) < 4.78 is 11.8. The van der Waals surface area contributed by atoms with E-state index >= 15 is 0 Å². The van der Waals surface area contributed by atoms with E-state index in [0.717, 1.165) is 58.2 Å². The van der Waals surface area contributed by atoms with Gasteiger partial charge in [0.05, 0.1) is 19.8 Å². The number of aliphatic hydroxyl groups excluding tert-OH is 1. The fourth-order valence-corrected chi connectivity index (χ4v) is 10.3. The molecule has 7 nitrogen and oxygen atoms in total. The third-order valence-corrected chi connectivity index (χ3v) is 14.7. The van der Waals surface area contributed by atoms with Gasteiger partial charge in [0.1, 0.15) is 0 Å². The van der Waals surface area contributed by atoms with E-state index < -0.39 is 0 Å². The molecule has 0 aromatic rings. The van der Waals surface area contributed by atoms with E-state index in [9.17, 15) is 14.7 Å². The van der Waals surface area contributed by atoms with Gasteiger partial charge in [0, 0.05) is 31.5 Å². The summed E-state index contributed by atoms with van der Waals surface area (Å²) in [5.41, 5.74) is 0. The minimum absolute atomic E-state index is 0.00823. The van der Waals surface area contributed by atoms with Crippen molar-refractivity contribution in [2.24, 2.45) is 11.8 Å². The van der Waals surface area contributed by atoms with E-state index in [1.807, 2.05) is 0 Å². The first kappa shape index (κ1) is 60.8. The Labute approximate surface area is 399 Å². The van der Waals surface area contributed by atoms with Crippen LogP contribution in [0, 0.1) is 11.8 Å². The summed E-state index contributed by atoms with van der Waals surface area (Å²) in [5, 5.41) is 9.90. The molecule has 7 heteroatoms. The van der Waals surface area contributed by atoms with Crippen molar-refractivity contribution >= 4 is 11.9 Å². The van der Waals surface area contributed by atoms with Crippen molar-refractivity contribution in [1.29, 1.82) is 0 Å². The van der Waals surface area contributed by atoms with Gasteiger partial charge in [-0.3, -0.25) is 14.5 Å². The highest BCUT2D eigenvalue weighted by molar-refractivity contribution is 5.69. The normalized spacial score (nSPS) is 15.6. The standard InChI is InChI=1S/C57H112N2O5/c1-6-10-14-18-22-28-36-52(37-29-23-19-15-11-7-2)50-63-56(61)40-32-26-34-46-58(5)54-42-44-55(45-43-54)59(48-49-60)47-35-27-33-41-57(62)64-51-53(38-30-24-20-16-12-8-3)39-31-25-21-17-13-9-4/h52-55,60H,6-51H2,1-5H3. The molecule has 0 aliphatic heterocycles. The first-order valence-corrected chi connectivity index (χ1v) is 28.7. The molecule has 0 aromatic carbocycles. The van der Waals surface area contributed by atoms with Gasteiger partial charge in [-0.15, -0.1) is 0 Å². The lowest BCUT2D eigenvalue weighted by molar-refractivity contribution is -0.146. The fraction of sp³-hybridized carbons (Fsp3) is 0.965. The lowest BCUT2D eigenvalue weighted by atomic mass is 9.89. The monoisotopic (exact) mass is 905 g/mol. The third-order valence-electron chi connectivity index (χ3n) is 14.7. The lowest BCUT2D eigenvalue weighted by Crippen LogP contribution is -2.44. The van der Waals surface area contributed by atoms with E-state index in [1.54, 1.807) is 0 Å². The van der Waals surface area contributed by atoms with Crippen LogP contribution < -0.4 is 0 Å². The molecule has 0 aromatic heterocycles. The number of hydrogen-bond donors (Lipinski definition) is 1. The second-order valence-corrected chi connectivity index (χ2v) is 20.6. The van der Waals surface area contributed by atoms with Crippen LogP contribution in [0.4, 0.5) is 0 Å². The van der Waals surface area contributed by atoms with Crippen molar-refractivity contribution in [3.8, 4) is 0 Å². The predicted octanol–water partition coefficient (Wildman–Crippen LogP) is 16.0. The summed E-state index contributed by atoms with van der Waals surface area (Å²) in [7, 11) is 2.29. The molecule has 0 radical (unpaired) electrons. The van der Waals surface area contributed by atoms with E-state index in [2.05, 4.69) is 44.5 Å². The largest absolute Gasteiger partial charge is 0.465 e. The molecule has 0 amide bonds. The molecule has 380 valence electrons. The van der Waals surface area contributed by atoms with Gasteiger partial charge in [0.15, 0.2) is 0 Å². The Kier molecular flexibility index (Phi) is 43.3. The maximum atomic E-state index is 12.8. The SMILES string of the molecule is CCCCCCCCC(CCCCCCCC)COC(=O)CCCCCN(C)C1CCC(N(CCO)CCCCCC(=O)OCC(CCCCCCCC)CCCCCCCC)CC1. The van der Waals surface area contributed by atoms with E-state index in [1.165, 1.54) is 205 Å². The molecule has 0 spiro atoms. The van der Waals surface area contributed by atoms with Gasteiger partial charge < -0.3 is 19.5 Å². The number of esters is 2. The maximum Gasteiger partial charge on any atom is 0.305 e. The number of nitrogens with zero attached hydrogens (tertiary/aromatic N) is 2. The second kappa shape index (κ2) is 45.6. The van der Waals surface area contributed by atoms with E-state index in [0.29, 0.717) is 50.0 Å². The van der Waals surface area contributed by atoms with Crippen molar-refractivity contribution < 1.29 is 24.2 Å². The van der Waals surface area contributed by atoms with Gasteiger partial charge in [0.2, 0.25) is 0 Å². The molecule has 1 saturated carbocycles. The van der Waals surface area contributed by atoms with Gasteiger partial charge in [-0.2, -0.15) is 0 Å². The number of unbranched alkanes of at least 4 members (excludes halogenated alkanes) is 24. The molecule has 64 heavy (non-hydrogen) atoms. The number of hydrogen-bond acceptors (Lipinski definition) is 7. The molecule has 0 unspecified atom stereocenters. The Morgan fingerprint density at radius 1 is 0.438 bits per heavy atom. The third kappa shape index (κ3) is 35.9. The van der Waals surface area contributed by atoms with Gasteiger partial charge in [-0.1, -0.05) is 195 Å². The molecule has 1 fully saturated rings. The van der Waals surface area contributed by atoms with Crippen LogP contribution >= 0.6 is 0 Å². The average Bonchev–Trinajstić information content (AvgIpc) is 3.30. The molecular formula is C57H112N2O5. The van der Waals surface area contributed by atoms with Gasteiger partial charge in [-0.25, -0.2) is 0 Å². The van der Waals surface area contributed by atoms with Crippen molar-refractivity contribution in [1.82, 2.24) is 9.80 Å². The summed E-state index contributed by atoms with van der Waals surface area (Å²) in [5.74, 6) is 1.05.